The van der Waals surface area contributed by atoms with Crippen molar-refractivity contribution in [2.75, 3.05) is 5.73 Å². The fraction of sp³-hybridized carbons (Fsp3) is 0. The summed E-state index contributed by atoms with van der Waals surface area (Å²) in [6, 6.07) is 7.37. The maximum absolute atomic E-state index is 7.09. The second-order valence-electron chi connectivity index (χ2n) is 1.32. The molecule has 0 aromatic heterocycles. The minimum Gasteiger partial charge on any atom is -0.399 e. The lowest BCUT2D eigenvalue weighted by Crippen LogP contribution is -1.79. The van der Waals surface area contributed by atoms with Gasteiger partial charge in [0.15, 0.2) is 0 Å². The van der Waals surface area contributed by atoms with Crippen LogP contribution in [0.5, 0.6) is 0 Å². The lowest BCUT2D eigenvalue weighted by atomic mass is 10.3. The number of nitrogen functional groups attached to an aromatic ring is 1. The largest absolute Gasteiger partial charge is 0.399 e. The second-order valence-corrected chi connectivity index (χ2v) is 1.32. The van der Waals surface area contributed by atoms with Gasteiger partial charge in [-0.2, -0.15) is 0 Å². The third-order valence-electron chi connectivity index (χ3n) is 0.733. The first-order valence-electron chi connectivity index (χ1n) is 2.62. The molecule has 2 N–H and O–H groups in total. The molecule has 0 radical (unpaired) electrons. The van der Waals surface area contributed by atoms with Crippen LogP contribution in [0.3, 0.4) is 0 Å². The van der Waals surface area contributed by atoms with Crippen LogP contribution in [0.4, 0.5) is 5.69 Å². The molecule has 0 aliphatic rings. The van der Waals surface area contributed by atoms with Crippen LogP contribution in [0.1, 0.15) is 1.37 Å². The molecule has 0 heterocycles. The van der Waals surface area contributed by atoms with Gasteiger partial charge < -0.3 is 5.73 Å². The Balaban J connectivity index is 3.13. The van der Waals surface area contributed by atoms with Gasteiger partial charge in [0.1, 0.15) is 0 Å². The number of nitrogens with two attached hydrogens (primary N) is 1. The molecule has 0 saturated carbocycles. The molecule has 1 aromatic rings. The molecule has 0 unspecified atom stereocenters. The van der Waals surface area contributed by atoms with Crippen molar-refractivity contribution in [3.05, 3.63) is 30.3 Å². The summed E-state index contributed by atoms with van der Waals surface area (Å²) in [5, 5.41) is 0. The van der Waals surface area contributed by atoms with E-state index in [1.807, 2.05) is 6.07 Å². The highest BCUT2D eigenvalue weighted by molar-refractivity contribution is 5.35. The Morgan fingerprint density at radius 3 is 2.71 bits per heavy atom. The van der Waals surface area contributed by atoms with E-state index in [4.69, 9.17) is 7.10 Å². The van der Waals surface area contributed by atoms with Gasteiger partial charge in [-0.05, 0) is 12.1 Å². The minimum absolute atomic E-state index is 0.396. The van der Waals surface area contributed by atoms with E-state index < -0.39 is 0 Å². The number of rotatable bonds is 0. The van der Waals surface area contributed by atoms with Gasteiger partial charge >= 0.3 is 0 Å². The predicted octanol–water partition coefficient (Wildman–Crippen LogP) is 1.27. The molecular formula is C6H7N. The van der Waals surface area contributed by atoms with E-state index in [9.17, 15) is 0 Å². The Morgan fingerprint density at radius 1 is 1.43 bits per heavy atom. The molecule has 0 bridgehead atoms. The van der Waals surface area contributed by atoms with Crippen LogP contribution < -0.4 is 5.73 Å². The second kappa shape index (κ2) is 1.65. The van der Waals surface area contributed by atoms with E-state index in [1.54, 1.807) is 18.2 Å². The summed E-state index contributed by atoms with van der Waals surface area (Å²) >= 11 is 0. The predicted molar refractivity (Wildman–Crippen MR) is 30.9 cm³/mol. The SMILES string of the molecule is [3H]c1ccccc1N. The summed E-state index contributed by atoms with van der Waals surface area (Å²) in [6.07, 6.45) is 0. The summed E-state index contributed by atoms with van der Waals surface area (Å²) in [5.74, 6) is 0. The first-order valence-corrected chi connectivity index (χ1v) is 2.12. The number of hydrogen-bond donors (Lipinski definition) is 1. The molecule has 0 aliphatic heterocycles. The summed E-state index contributed by atoms with van der Waals surface area (Å²) in [5.41, 5.74) is 5.87. The first kappa shape index (κ1) is 3.08. The molecule has 0 saturated heterocycles. The molecule has 0 amide bonds. The molecule has 1 aromatic carbocycles. The van der Waals surface area contributed by atoms with Crippen molar-refractivity contribution in [2.24, 2.45) is 0 Å². The van der Waals surface area contributed by atoms with E-state index in [-0.39, 0.29) is 0 Å². The summed E-state index contributed by atoms with van der Waals surface area (Å²) < 4.78 is 7.09. The molecule has 0 fully saturated rings. The molecule has 0 aliphatic carbocycles. The standard InChI is InChI=1S/C6H7N/c7-6-4-2-1-3-5-6/h1-5H,7H2/i4T. The Labute approximate surface area is 44.2 Å². The molecule has 0 atom stereocenters. The van der Waals surface area contributed by atoms with Crippen LogP contribution in [0.2, 0.25) is 0 Å². The highest BCUT2D eigenvalue weighted by atomic mass is 14.5. The Morgan fingerprint density at radius 2 is 2.29 bits per heavy atom. The van der Waals surface area contributed by atoms with Crippen molar-refractivity contribution in [1.82, 2.24) is 0 Å². The fourth-order valence-corrected chi connectivity index (χ4v) is 0.407. The number of anilines is 1. The van der Waals surface area contributed by atoms with Gasteiger partial charge in [0.05, 0.1) is 1.37 Å². The van der Waals surface area contributed by atoms with Gasteiger partial charge in [0.25, 0.3) is 0 Å². The third-order valence-corrected chi connectivity index (χ3v) is 0.733. The third kappa shape index (κ3) is 0.929. The van der Waals surface area contributed by atoms with Crippen molar-refractivity contribution in [1.29, 1.82) is 0 Å². The Hall–Kier alpha value is -0.980. The zero-order chi connectivity index (χ0) is 5.98. The summed E-state index contributed by atoms with van der Waals surface area (Å²) in [4.78, 5) is 0. The van der Waals surface area contributed by atoms with Crippen molar-refractivity contribution in [3.63, 3.8) is 0 Å². The summed E-state index contributed by atoms with van der Waals surface area (Å²) in [7, 11) is 0. The van der Waals surface area contributed by atoms with Crippen LogP contribution in [-0.2, 0) is 0 Å². The van der Waals surface area contributed by atoms with Gasteiger partial charge in [-0.25, -0.2) is 0 Å². The van der Waals surface area contributed by atoms with Gasteiger partial charge in [0, 0.05) is 5.69 Å². The van der Waals surface area contributed by atoms with Gasteiger partial charge in [-0.15, -0.1) is 0 Å². The van der Waals surface area contributed by atoms with Gasteiger partial charge in [-0.1, -0.05) is 18.2 Å². The Bertz CT molecular complexity index is 165. The quantitative estimate of drug-likeness (QED) is 0.482. The Kier molecular flexibility index (Phi) is 0.724. The highest BCUT2D eigenvalue weighted by Crippen LogP contribution is 1.95. The monoisotopic (exact) mass is 95.1 g/mol. The van der Waals surface area contributed by atoms with Crippen LogP contribution >= 0.6 is 0 Å². The van der Waals surface area contributed by atoms with Gasteiger partial charge in [-0.3, -0.25) is 0 Å². The molecule has 1 heteroatoms. The van der Waals surface area contributed by atoms with Crippen LogP contribution in [0, 0.1) is 0 Å². The molecule has 1 nitrogen and oxygen atoms in total. The molecule has 36 valence electrons. The zero-order valence-corrected chi connectivity index (χ0v) is 3.89. The molecule has 0 spiro atoms. The number of benzene rings is 1. The van der Waals surface area contributed by atoms with E-state index in [1.165, 1.54) is 0 Å². The lowest BCUT2D eigenvalue weighted by Gasteiger charge is -1.83. The van der Waals surface area contributed by atoms with E-state index in [0.717, 1.165) is 0 Å². The van der Waals surface area contributed by atoms with Crippen LogP contribution in [0.15, 0.2) is 30.3 Å². The fourth-order valence-electron chi connectivity index (χ4n) is 0.407. The van der Waals surface area contributed by atoms with E-state index >= 15 is 0 Å². The van der Waals surface area contributed by atoms with Crippen molar-refractivity contribution < 1.29 is 1.37 Å². The first-order chi connectivity index (χ1) is 3.80. The van der Waals surface area contributed by atoms with Crippen molar-refractivity contribution in [2.45, 2.75) is 0 Å². The maximum atomic E-state index is 7.09. The number of para-hydroxylation sites is 1. The average Bonchev–Trinajstić information content (AvgIpc) is 1.77. The molecule has 7 heavy (non-hydrogen) atoms. The molecule has 1 rings (SSSR count). The lowest BCUT2D eigenvalue weighted by molar-refractivity contribution is 1.69. The smallest absolute Gasteiger partial charge is 0.0644 e. The average molecular weight is 95.1 g/mol. The number of hydrogen-bond acceptors (Lipinski definition) is 1. The van der Waals surface area contributed by atoms with Crippen molar-refractivity contribution in [3.8, 4) is 0 Å². The van der Waals surface area contributed by atoms with Crippen LogP contribution in [-0.4, -0.2) is 0 Å². The van der Waals surface area contributed by atoms with Gasteiger partial charge in [0.2, 0.25) is 0 Å². The maximum Gasteiger partial charge on any atom is 0.0644 e. The zero-order valence-electron chi connectivity index (χ0n) is 4.89. The van der Waals surface area contributed by atoms with Crippen LogP contribution in [0.25, 0.3) is 0 Å². The molecular weight excluding hydrogens is 86.1 g/mol. The topological polar surface area (TPSA) is 26.0 Å². The summed E-state index contributed by atoms with van der Waals surface area (Å²) in [6.45, 7) is 0. The normalized spacial score (nSPS) is 10.6. The van der Waals surface area contributed by atoms with E-state index in [2.05, 4.69) is 0 Å². The highest BCUT2D eigenvalue weighted by Gasteiger charge is 1.72. The van der Waals surface area contributed by atoms with E-state index in [0.29, 0.717) is 11.7 Å². The van der Waals surface area contributed by atoms with Crippen molar-refractivity contribution >= 4 is 5.69 Å². The minimum atomic E-state index is 0.396.